The highest BCUT2D eigenvalue weighted by molar-refractivity contribution is 5.91. The molecule has 20 heavy (non-hydrogen) atoms. The largest absolute Gasteiger partial charge is 0.504 e. The van der Waals surface area contributed by atoms with E-state index < -0.39 is 28.4 Å². The van der Waals surface area contributed by atoms with Crippen LogP contribution in [-0.2, 0) is 5.41 Å². The van der Waals surface area contributed by atoms with Gasteiger partial charge in [0.2, 0.25) is 11.5 Å². The van der Waals surface area contributed by atoms with Crippen molar-refractivity contribution in [3.63, 3.8) is 0 Å². The number of fused-ring (bicyclic) bond motifs is 3. The van der Waals surface area contributed by atoms with Gasteiger partial charge in [0.05, 0.1) is 0 Å². The fraction of sp³-hybridized carbons (Fsp3) is 0.200. The summed E-state index contributed by atoms with van der Waals surface area (Å²) < 4.78 is 0. The van der Waals surface area contributed by atoms with Crippen molar-refractivity contribution in [1.29, 1.82) is 0 Å². The van der Waals surface area contributed by atoms with Crippen LogP contribution in [0.1, 0.15) is 25.0 Å². The third kappa shape index (κ3) is 1.27. The van der Waals surface area contributed by atoms with Gasteiger partial charge in [0.25, 0.3) is 0 Å². The summed E-state index contributed by atoms with van der Waals surface area (Å²) in [5.74, 6) is -2.29. The molecule has 0 unspecified atom stereocenters. The van der Waals surface area contributed by atoms with Gasteiger partial charge in [-0.1, -0.05) is 19.9 Å². The van der Waals surface area contributed by atoms with Gasteiger partial charge in [-0.25, -0.2) is 0 Å². The van der Waals surface area contributed by atoms with Gasteiger partial charge in [0, 0.05) is 22.2 Å². The molecule has 0 saturated heterocycles. The van der Waals surface area contributed by atoms with Crippen LogP contribution in [0.3, 0.4) is 0 Å². The smallest absolute Gasteiger partial charge is 0.204 e. The number of phenolic OH excluding ortho intramolecular Hbond substituents is 4. The summed E-state index contributed by atoms with van der Waals surface area (Å²) in [7, 11) is 0. The van der Waals surface area contributed by atoms with E-state index in [1.807, 2.05) is 13.8 Å². The Balaban J connectivity index is 2.51. The monoisotopic (exact) mass is 273 g/mol. The molecule has 0 spiro atoms. The third-order valence-corrected chi connectivity index (χ3v) is 4.01. The minimum absolute atomic E-state index is 0.331. The predicted octanol–water partition coefficient (Wildman–Crippen LogP) is 2.40. The number of nitrogens with two attached hydrogens (primary N) is 1. The van der Waals surface area contributed by atoms with Gasteiger partial charge in [-0.15, -0.1) is 0 Å². The molecule has 3 rings (SSSR count). The quantitative estimate of drug-likeness (QED) is 0.288. The number of hydrogen-bond acceptors (Lipinski definition) is 5. The zero-order chi connectivity index (χ0) is 14.8. The third-order valence-electron chi connectivity index (χ3n) is 4.01. The Labute approximate surface area is 115 Å². The Morgan fingerprint density at radius 1 is 0.900 bits per heavy atom. The molecular weight excluding hydrogens is 258 g/mol. The molecule has 0 amide bonds. The molecule has 1 aliphatic carbocycles. The van der Waals surface area contributed by atoms with Crippen LogP contribution >= 0.6 is 0 Å². The minimum Gasteiger partial charge on any atom is -0.504 e. The molecule has 2 aromatic rings. The van der Waals surface area contributed by atoms with Gasteiger partial charge < -0.3 is 26.2 Å². The maximum Gasteiger partial charge on any atom is 0.204 e. The van der Waals surface area contributed by atoms with Crippen molar-refractivity contribution in [1.82, 2.24) is 0 Å². The molecule has 0 heterocycles. The van der Waals surface area contributed by atoms with E-state index in [4.69, 9.17) is 5.73 Å². The Kier molecular flexibility index (Phi) is 2.19. The van der Waals surface area contributed by atoms with Gasteiger partial charge in [-0.3, -0.25) is 0 Å². The number of hydrogen-bond donors (Lipinski definition) is 5. The van der Waals surface area contributed by atoms with E-state index in [1.165, 1.54) is 0 Å². The molecule has 0 radical (unpaired) electrons. The topological polar surface area (TPSA) is 107 Å². The lowest BCUT2D eigenvalue weighted by Gasteiger charge is -2.23. The summed E-state index contributed by atoms with van der Waals surface area (Å²) in [5.41, 5.74) is 7.94. The van der Waals surface area contributed by atoms with E-state index in [0.29, 0.717) is 22.4 Å². The second-order valence-corrected chi connectivity index (χ2v) is 5.57. The average Bonchev–Trinajstić information content (AvgIpc) is 2.62. The van der Waals surface area contributed by atoms with Crippen molar-refractivity contribution < 1.29 is 20.4 Å². The molecule has 104 valence electrons. The summed E-state index contributed by atoms with van der Waals surface area (Å²) in [5, 5.41) is 39.7. The van der Waals surface area contributed by atoms with E-state index in [-0.39, 0.29) is 0 Å². The van der Waals surface area contributed by atoms with Crippen LogP contribution in [0.25, 0.3) is 11.1 Å². The first kappa shape index (κ1) is 12.5. The zero-order valence-corrected chi connectivity index (χ0v) is 11.1. The van der Waals surface area contributed by atoms with Crippen molar-refractivity contribution in [2.45, 2.75) is 19.3 Å². The van der Waals surface area contributed by atoms with Crippen LogP contribution in [0, 0.1) is 0 Å². The summed E-state index contributed by atoms with van der Waals surface area (Å²) in [4.78, 5) is 0. The number of aromatic hydroxyl groups is 4. The molecule has 0 atom stereocenters. The van der Waals surface area contributed by atoms with Crippen molar-refractivity contribution in [3.05, 3.63) is 29.3 Å². The van der Waals surface area contributed by atoms with E-state index in [0.717, 1.165) is 5.56 Å². The summed E-state index contributed by atoms with van der Waals surface area (Å²) in [6, 6.07) is 5.18. The highest BCUT2D eigenvalue weighted by atomic mass is 16.3. The van der Waals surface area contributed by atoms with Crippen LogP contribution in [-0.4, -0.2) is 20.4 Å². The molecule has 0 fully saturated rings. The van der Waals surface area contributed by atoms with Gasteiger partial charge in [0.1, 0.15) is 0 Å². The first-order valence-corrected chi connectivity index (χ1v) is 6.17. The molecular formula is C15H15NO4. The first-order chi connectivity index (χ1) is 9.26. The lowest BCUT2D eigenvalue weighted by molar-refractivity contribution is 0.342. The first-order valence-electron chi connectivity index (χ1n) is 6.17. The van der Waals surface area contributed by atoms with E-state index in [2.05, 4.69) is 0 Å². The molecule has 0 aliphatic heterocycles. The minimum atomic E-state index is -0.721. The molecule has 0 bridgehead atoms. The highest BCUT2D eigenvalue weighted by Crippen LogP contribution is 2.61. The molecule has 5 nitrogen and oxygen atoms in total. The van der Waals surface area contributed by atoms with Gasteiger partial charge in [-0.05, 0) is 23.3 Å². The fourth-order valence-electron chi connectivity index (χ4n) is 3.00. The maximum absolute atomic E-state index is 10.1. The number of benzene rings is 2. The van der Waals surface area contributed by atoms with E-state index >= 15 is 0 Å². The predicted molar refractivity (Wildman–Crippen MR) is 75.1 cm³/mol. The Bertz CT molecular complexity index is 750. The lowest BCUT2D eigenvalue weighted by atomic mass is 9.81. The molecule has 5 heteroatoms. The Morgan fingerprint density at radius 2 is 1.50 bits per heavy atom. The number of phenols is 4. The fourth-order valence-corrected chi connectivity index (χ4v) is 3.00. The van der Waals surface area contributed by atoms with Crippen molar-refractivity contribution in [2.75, 3.05) is 5.73 Å². The van der Waals surface area contributed by atoms with Crippen LogP contribution in [0.15, 0.2) is 18.2 Å². The normalized spacial score (nSPS) is 14.9. The maximum atomic E-state index is 10.1. The summed E-state index contributed by atoms with van der Waals surface area (Å²) in [6.45, 7) is 3.71. The van der Waals surface area contributed by atoms with Crippen LogP contribution in [0.2, 0.25) is 0 Å². The lowest BCUT2D eigenvalue weighted by Crippen LogP contribution is -2.15. The van der Waals surface area contributed by atoms with Crippen molar-refractivity contribution in [3.8, 4) is 34.1 Å². The van der Waals surface area contributed by atoms with Gasteiger partial charge >= 0.3 is 0 Å². The van der Waals surface area contributed by atoms with E-state index in [9.17, 15) is 20.4 Å². The van der Waals surface area contributed by atoms with Crippen molar-refractivity contribution >= 4 is 5.69 Å². The number of rotatable bonds is 0. The number of anilines is 1. The molecule has 0 aromatic heterocycles. The Morgan fingerprint density at radius 3 is 2.15 bits per heavy atom. The van der Waals surface area contributed by atoms with Gasteiger partial charge in [-0.2, -0.15) is 0 Å². The molecule has 2 aromatic carbocycles. The Hall–Kier alpha value is -2.56. The molecule has 6 N–H and O–H groups in total. The SMILES string of the molecule is CC1(C)c2cc(N)ccc2-c2c(O)c(O)c(O)c(O)c21. The van der Waals surface area contributed by atoms with Crippen molar-refractivity contribution in [2.24, 2.45) is 0 Å². The zero-order valence-electron chi connectivity index (χ0n) is 11.1. The molecule has 1 aliphatic rings. The second kappa shape index (κ2) is 3.50. The summed E-state index contributed by atoms with van der Waals surface area (Å²) in [6.07, 6.45) is 0. The van der Waals surface area contributed by atoms with E-state index in [1.54, 1.807) is 18.2 Å². The van der Waals surface area contributed by atoms with Crippen LogP contribution in [0.4, 0.5) is 5.69 Å². The van der Waals surface area contributed by atoms with Crippen LogP contribution < -0.4 is 5.73 Å². The molecule has 0 saturated carbocycles. The second-order valence-electron chi connectivity index (χ2n) is 5.57. The summed E-state index contributed by atoms with van der Waals surface area (Å²) >= 11 is 0. The number of nitrogen functional groups attached to an aromatic ring is 1. The van der Waals surface area contributed by atoms with Crippen LogP contribution in [0.5, 0.6) is 23.0 Å². The van der Waals surface area contributed by atoms with Gasteiger partial charge in [0.15, 0.2) is 11.5 Å². The standard InChI is InChI=1S/C15H15NO4/c1-15(2)8-5-6(16)3-4-7(8)9-10(15)12(18)14(20)13(19)11(9)17/h3-5,17-20H,16H2,1-2H3. The highest BCUT2D eigenvalue weighted by Gasteiger charge is 2.42. The average molecular weight is 273 g/mol.